The lowest BCUT2D eigenvalue weighted by atomic mass is 10.2. The van der Waals surface area contributed by atoms with Crippen molar-refractivity contribution in [2.75, 3.05) is 11.4 Å². The summed E-state index contributed by atoms with van der Waals surface area (Å²) < 4.78 is 36.2. The molecule has 3 rings (SSSR count). The molecule has 0 spiro atoms. The van der Waals surface area contributed by atoms with E-state index in [2.05, 4.69) is 0 Å². The molecular formula is C24H23INO5S+. The van der Waals surface area contributed by atoms with Gasteiger partial charge < -0.3 is 9.84 Å². The van der Waals surface area contributed by atoms with Gasteiger partial charge in [0.15, 0.2) is 4.08 Å². The van der Waals surface area contributed by atoms with Crippen LogP contribution in [0.15, 0.2) is 87.5 Å². The van der Waals surface area contributed by atoms with Gasteiger partial charge in [0.1, 0.15) is 11.3 Å². The molecule has 0 unspecified atom stereocenters. The van der Waals surface area contributed by atoms with Gasteiger partial charge in [-0.15, -0.1) is 0 Å². The van der Waals surface area contributed by atoms with Crippen LogP contribution >= 0.6 is 0 Å². The zero-order valence-corrected chi connectivity index (χ0v) is 20.8. The van der Waals surface area contributed by atoms with Crippen LogP contribution in [0.3, 0.4) is 0 Å². The molecule has 3 aromatic carbocycles. The van der Waals surface area contributed by atoms with Crippen LogP contribution in [0, 0.1) is 10.5 Å². The minimum absolute atomic E-state index is 0.177. The maximum absolute atomic E-state index is 13.6. The number of nitrogens with zero attached hydrogens (tertiary/aromatic N) is 1. The van der Waals surface area contributed by atoms with Crippen molar-refractivity contribution in [1.82, 2.24) is 0 Å². The van der Waals surface area contributed by atoms with E-state index in [9.17, 15) is 18.3 Å². The second kappa shape index (κ2) is 10.2. The van der Waals surface area contributed by atoms with E-state index in [0.717, 1.165) is 5.56 Å². The molecule has 0 saturated heterocycles. The van der Waals surface area contributed by atoms with Gasteiger partial charge in [-0.2, -0.15) is 0 Å². The Morgan fingerprint density at radius 2 is 1.62 bits per heavy atom. The summed E-state index contributed by atoms with van der Waals surface area (Å²) in [4.78, 5) is 11.7. The summed E-state index contributed by atoms with van der Waals surface area (Å²) in [7, 11) is -2.35. The second-order valence-corrected chi connectivity index (χ2v) is 11.1. The molecule has 0 aromatic heterocycles. The normalized spacial score (nSPS) is 11.8. The van der Waals surface area contributed by atoms with Crippen molar-refractivity contribution in [3.05, 3.63) is 97.3 Å². The fourth-order valence-corrected chi connectivity index (χ4v) is 6.91. The number of halogens is 1. The van der Waals surface area contributed by atoms with Gasteiger partial charge in [0, 0.05) is 0 Å². The van der Waals surface area contributed by atoms with Gasteiger partial charge in [-0.1, -0.05) is 29.8 Å². The van der Waals surface area contributed by atoms with Crippen LogP contribution in [0.5, 0.6) is 5.75 Å². The molecule has 1 N–H and O–H groups in total. The Morgan fingerprint density at radius 1 is 1.00 bits per heavy atom. The van der Waals surface area contributed by atoms with E-state index in [1.165, 1.54) is 4.31 Å². The van der Waals surface area contributed by atoms with Crippen LogP contribution in [0.25, 0.3) is 0 Å². The highest BCUT2D eigenvalue weighted by atomic mass is 127. The molecule has 0 heterocycles. The molecule has 3 aromatic rings. The topological polar surface area (TPSA) is 83.9 Å². The maximum atomic E-state index is 13.6. The first-order valence-corrected chi connectivity index (χ1v) is 13.4. The Balaban J connectivity index is 2.06. The fourth-order valence-electron chi connectivity index (χ4n) is 2.98. The Kier molecular flexibility index (Phi) is 7.57. The standard InChI is InChI=1S/C24H22INO5S/c1-17-8-14-21(15-9-17)32(29,30)26(19-10-12-20(31-3)13-11-19)18(2)16-25-23-7-5-4-6-22(23)24(27)28/h4-16H,1-3H3/p+1/b18-16-. The van der Waals surface area contributed by atoms with Crippen LogP contribution in [-0.4, -0.2) is 26.6 Å². The van der Waals surface area contributed by atoms with Gasteiger partial charge in [-0.05, 0) is 62.4 Å². The maximum Gasteiger partial charge on any atom is 0.352 e. The third-order valence-corrected chi connectivity index (χ3v) is 9.29. The van der Waals surface area contributed by atoms with E-state index in [1.807, 2.05) is 11.0 Å². The Labute approximate surface area is 198 Å². The lowest BCUT2D eigenvalue weighted by Gasteiger charge is -2.24. The number of ether oxygens (including phenoxy) is 1. The third kappa shape index (κ3) is 5.31. The lowest BCUT2D eigenvalue weighted by Crippen LogP contribution is -3.59. The summed E-state index contributed by atoms with van der Waals surface area (Å²) >= 11 is -0.901. The van der Waals surface area contributed by atoms with Crippen LogP contribution in [0.4, 0.5) is 5.69 Å². The highest BCUT2D eigenvalue weighted by Gasteiger charge is 2.29. The average molecular weight is 564 g/mol. The first-order valence-electron chi connectivity index (χ1n) is 9.62. The van der Waals surface area contributed by atoms with E-state index in [-0.39, 0.29) is 10.5 Å². The van der Waals surface area contributed by atoms with Crippen molar-refractivity contribution in [1.29, 1.82) is 0 Å². The Morgan fingerprint density at radius 3 is 2.22 bits per heavy atom. The predicted octanol–water partition coefficient (Wildman–Crippen LogP) is 1.72. The van der Waals surface area contributed by atoms with Crippen molar-refractivity contribution >= 4 is 21.7 Å². The first-order chi connectivity index (χ1) is 15.2. The highest BCUT2D eigenvalue weighted by Crippen LogP contribution is 2.29. The van der Waals surface area contributed by atoms with Crippen LogP contribution in [-0.2, 0) is 10.0 Å². The van der Waals surface area contributed by atoms with Crippen molar-refractivity contribution in [2.24, 2.45) is 0 Å². The summed E-state index contributed by atoms with van der Waals surface area (Å²) in [6.07, 6.45) is 0. The molecule has 0 aliphatic rings. The molecule has 0 radical (unpaired) electrons. The molecule has 0 aliphatic heterocycles. The number of aromatic carboxylic acids is 1. The minimum atomic E-state index is -3.90. The zero-order chi connectivity index (χ0) is 23.3. The number of allylic oxidation sites excluding steroid dienone is 1. The highest BCUT2D eigenvalue weighted by molar-refractivity contribution is 7.93. The number of hydrogen-bond acceptors (Lipinski definition) is 4. The number of carbonyl (C=O) groups is 1. The molecule has 0 atom stereocenters. The molecule has 166 valence electrons. The third-order valence-electron chi connectivity index (χ3n) is 4.62. The number of carboxylic acids is 1. The molecule has 0 aliphatic carbocycles. The van der Waals surface area contributed by atoms with E-state index in [1.54, 1.807) is 86.8 Å². The summed E-state index contributed by atoms with van der Waals surface area (Å²) in [6.45, 7) is 3.62. The van der Waals surface area contributed by atoms with Gasteiger partial charge in [0.2, 0.25) is 3.57 Å². The molecular weight excluding hydrogens is 541 g/mol. The first kappa shape index (κ1) is 23.8. The number of carboxylic acid groups (broad SMARTS) is 1. The molecule has 0 saturated carbocycles. The van der Waals surface area contributed by atoms with Crippen LogP contribution < -0.4 is 30.2 Å². The number of aryl methyl sites for hydroxylation is 1. The summed E-state index contributed by atoms with van der Waals surface area (Å²) in [5, 5.41) is 9.45. The van der Waals surface area contributed by atoms with E-state index in [0.29, 0.717) is 20.7 Å². The molecule has 8 heteroatoms. The van der Waals surface area contributed by atoms with Crippen LogP contribution in [0.1, 0.15) is 22.8 Å². The van der Waals surface area contributed by atoms with E-state index >= 15 is 0 Å². The number of anilines is 1. The van der Waals surface area contributed by atoms with Crippen LogP contribution in [0.2, 0.25) is 0 Å². The largest absolute Gasteiger partial charge is 0.497 e. The van der Waals surface area contributed by atoms with Gasteiger partial charge in [0.25, 0.3) is 10.0 Å². The molecule has 0 amide bonds. The second-order valence-electron chi connectivity index (χ2n) is 6.93. The van der Waals surface area contributed by atoms with Crippen molar-refractivity contribution in [3.63, 3.8) is 0 Å². The molecule has 32 heavy (non-hydrogen) atoms. The Bertz CT molecular complexity index is 1240. The predicted molar refractivity (Wildman–Crippen MR) is 120 cm³/mol. The monoisotopic (exact) mass is 564 g/mol. The zero-order valence-electron chi connectivity index (χ0n) is 17.8. The average Bonchev–Trinajstić information content (AvgIpc) is 2.78. The van der Waals surface area contributed by atoms with Crippen molar-refractivity contribution < 1.29 is 44.3 Å². The number of methoxy groups -OCH3 is 1. The number of sulfonamides is 1. The molecule has 0 bridgehead atoms. The van der Waals surface area contributed by atoms with Gasteiger partial charge in [0.05, 0.1) is 23.4 Å². The molecule has 0 fully saturated rings. The number of benzene rings is 3. The van der Waals surface area contributed by atoms with Gasteiger partial charge >= 0.3 is 27.2 Å². The quantitative estimate of drug-likeness (QED) is 0.422. The Hall–Kier alpha value is -2.85. The number of rotatable bonds is 8. The lowest BCUT2D eigenvalue weighted by molar-refractivity contribution is -0.558. The molecule has 6 nitrogen and oxygen atoms in total. The SMILES string of the molecule is COc1ccc(N(/C(C)=C\[I+]c2ccccc2C(=O)O)S(=O)(=O)c2ccc(C)cc2)cc1. The van der Waals surface area contributed by atoms with Gasteiger partial charge in [-0.25, -0.2) is 17.5 Å². The fraction of sp³-hybridized carbons (Fsp3) is 0.125. The van der Waals surface area contributed by atoms with Crippen molar-refractivity contribution in [2.45, 2.75) is 18.7 Å². The van der Waals surface area contributed by atoms with E-state index < -0.39 is 37.2 Å². The van der Waals surface area contributed by atoms with E-state index in [4.69, 9.17) is 4.74 Å². The van der Waals surface area contributed by atoms with Crippen molar-refractivity contribution in [3.8, 4) is 5.75 Å². The smallest absolute Gasteiger partial charge is 0.352 e. The summed E-state index contributed by atoms with van der Waals surface area (Å²) in [5.41, 5.74) is 2.17. The summed E-state index contributed by atoms with van der Waals surface area (Å²) in [5.74, 6) is -0.378. The summed E-state index contributed by atoms with van der Waals surface area (Å²) in [6, 6.07) is 20.3. The number of hydrogen-bond donors (Lipinski definition) is 1. The minimum Gasteiger partial charge on any atom is -0.497 e. The van der Waals surface area contributed by atoms with Gasteiger partial charge in [-0.3, -0.25) is 0 Å².